The van der Waals surface area contributed by atoms with Crippen LogP contribution in [0.2, 0.25) is 0 Å². The molecule has 0 unspecified atom stereocenters. The highest BCUT2D eigenvalue weighted by molar-refractivity contribution is 5.77. The molecule has 2 heterocycles. The summed E-state index contributed by atoms with van der Waals surface area (Å²) in [5, 5.41) is 101. The van der Waals surface area contributed by atoms with E-state index < -0.39 is 117 Å². The molecule has 0 aromatic carbocycles. The van der Waals surface area contributed by atoms with Gasteiger partial charge in [-0.2, -0.15) is 0 Å². The lowest BCUT2D eigenvalue weighted by Crippen LogP contribution is -2.68. The quantitative estimate of drug-likeness (QED) is 0.0272. The Labute approximate surface area is 424 Å². The molecule has 0 spiro atoms. The molecule has 13 atom stereocenters. The van der Waals surface area contributed by atoms with Gasteiger partial charge >= 0.3 is 5.97 Å². The van der Waals surface area contributed by atoms with E-state index in [2.05, 4.69) is 24.5 Å². The summed E-state index contributed by atoms with van der Waals surface area (Å²) in [5.74, 6) is -5.57. The normalized spacial score (nSPS) is 26.5. The van der Waals surface area contributed by atoms with E-state index in [1.165, 1.54) is 122 Å². The van der Waals surface area contributed by atoms with Crippen LogP contribution in [-0.2, 0) is 33.3 Å². The standard InChI is InChI=1S/C53H98N2O16/c1-4-6-8-10-12-14-16-18-19-21-23-25-27-29-31-33-44(61)55-39(40(58)32-30-28-26-24-22-20-17-15-13-11-9-7-5-2)36-68-51-49(65)48(64)47(63)43(70-51)37-69-53(52(66)67)34-41(59)45(54-38(3)57)50(71-53)46(62)42(60)35-56/h30,32,39-43,45-51,56,58-60,62-65H,4-29,31,33-37H2,1-3H3,(H,54,57)(H,55,61)(H,66,67)/b32-30+/t39-,40+,41-,42+,43+,45+,46+,47-,48-,49+,50+,51+,53+/m0/s1. The van der Waals surface area contributed by atoms with Gasteiger partial charge in [-0.05, 0) is 19.3 Å². The van der Waals surface area contributed by atoms with Crippen molar-refractivity contribution in [2.45, 2.75) is 286 Å². The van der Waals surface area contributed by atoms with Crippen LogP contribution in [-0.4, -0.2) is 163 Å². The number of allylic oxidation sites excluding steroid dienone is 1. The predicted octanol–water partition coefficient (Wildman–Crippen LogP) is 5.34. The number of carbonyl (C=O) groups is 3. The number of hydrogen-bond donors (Lipinski definition) is 11. The van der Waals surface area contributed by atoms with Gasteiger partial charge in [0.1, 0.15) is 42.7 Å². The molecule has 18 nitrogen and oxygen atoms in total. The smallest absolute Gasteiger partial charge is 0.364 e. The predicted molar refractivity (Wildman–Crippen MR) is 269 cm³/mol. The Morgan fingerprint density at radius 1 is 0.704 bits per heavy atom. The van der Waals surface area contributed by atoms with Gasteiger partial charge in [-0.15, -0.1) is 0 Å². The number of hydrogen-bond acceptors (Lipinski definition) is 15. The van der Waals surface area contributed by atoms with Crippen LogP contribution in [0.4, 0.5) is 0 Å². The van der Waals surface area contributed by atoms with E-state index in [0.717, 1.165) is 51.9 Å². The Kier molecular flexibility index (Phi) is 34.9. The lowest BCUT2D eigenvalue weighted by atomic mass is 9.88. The minimum absolute atomic E-state index is 0.224. The number of amides is 2. The van der Waals surface area contributed by atoms with Crippen molar-refractivity contribution in [3.05, 3.63) is 12.2 Å². The second kappa shape index (κ2) is 38.3. The van der Waals surface area contributed by atoms with Crippen molar-refractivity contribution in [1.82, 2.24) is 10.6 Å². The SMILES string of the molecule is CCCCCCCCCCCCC/C=C/[C@@H](O)[C@H](CO[C@@H]1O[C@H](CO[C@]2(C(=O)O)C[C@H](O)[C@@H](NC(C)=O)[C@H]([C@H](O)[C@H](O)CO)O2)[C@H](O)[C@H](O)[C@H]1O)NC(=O)CCCCCCCCCCCCCCCCC. The zero-order valence-corrected chi connectivity index (χ0v) is 43.6. The maximum atomic E-state index is 13.3. The highest BCUT2D eigenvalue weighted by Crippen LogP contribution is 2.35. The molecule has 2 aliphatic rings. The third-order valence-corrected chi connectivity index (χ3v) is 13.8. The summed E-state index contributed by atoms with van der Waals surface area (Å²) in [6, 6.07) is -2.46. The van der Waals surface area contributed by atoms with Crippen molar-refractivity contribution in [3.63, 3.8) is 0 Å². The van der Waals surface area contributed by atoms with Gasteiger partial charge in [-0.25, -0.2) is 4.79 Å². The first-order chi connectivity index (χ1) is 34.1. The van der Waals surface area contributed by atoms with E-state index >= 15 is 0 Å². The highest BCUT2D eigenvalue weighted by atomic mass is 16.7. The third-order valence-electron chi connectivity index (χ3n) is 13.8. The summed E-state index contributed by atoms with van der Waals surface area (Å²) < 4.78 is 23.0. The molecule has 71 heavy (non-hydrogen) atoms. The molecule has 0 aromatic rings. The fraction of sp³-hybridized carbons (Fsp3) is 0.906. The lowest BCUT2D eigenvalue weighted by Gasteiger charge is -2.47. The first-order valence-electron chi connectivity index (χ1n) is 27.5. The number of nitrogens with one attached hydrogen (secondary N) is 2. The molecule has 11 N–H and O–H groups in total. The molecular weight excluding hydrogens is 921 g/mol. The van der Waals surface area contributed by atoms with Crippen molar-refractivity contribution >= 4 is 17.8 Å². The van der Waals surface area contributed by atoms with Crippen LogP contribution in [0, 0.1) is 0 Å². The average molecular weight is 1020 g/mol. The Hall–Kier alpha value is -2.33. The maximum Gasteiger partial charge on any atom is 0.364 e. The minimum atomic E-state index is -2.78. The largest absolute Gasteiger partial charge is 0.477 e. The highest BCUT2D eigenvalue weighted by Gasteiger charge is 2.57. The number of unbranched alkanes of at least 4 members (excludes halogenated alkanes) is 25. The molecule has 2 aliphatic heterocycles. The molecule has 0 aromatic heterocycles. The van der Waals surface area contributed by atoms with Crippen LogP contribution in [0.5, 0.6) is 0 Å². The van der Waals surface area contributed by atoms with Crippen molar-refractivity contribution in [2.75, 3.05) is 19.8 Å². The number of aliphatic hydroxyl groups is 8. The van der Waals surface area contributed by atoms with Crippen LogP contribution in [0.3, 0.4) is 0 Å². The summed E-state index contributed by atoms with van der Waals surface area (Å²) in [6.45, 7) is 3.32. The Morgan fingerprint density at radius 3 is 1.68 bits per heavy atom. The number of aliphatic hydroxyl groups excluding tert-OH is 8. The van der Waals surface area contributed by atoms with Crippen molar-refractivity contribution in [2.24, 2.45) is 0 Å². The van der Waals surface area contributed by atoms with E-state index in [9.17, 15) is 60.3 Å². The number of aliphatic carboxylic acids is 1. The zero-order chi connectivity index (χ0) is 52.4. The van der Waals surface area contributed by atoms with Gasteiger partial charge in [-0.3, -0.25) is 9.59 Å². The Bertz CT molecular complexity index is 1430. The summed E-state index contributed by atoms with van der Waals surface area (Å²) in [4.78, 5) is 37.9. The van der Waals surface area contributed by atoms with Crippen LogP contribution in [0.15, 0.2) is 12.2 Å². The second-order valence-corrected chi connectivity index (χ2v) is 20.2. The number of carboxylic acid groups (broad SMARTS) is 1. The Morgan fingerprint density at radius 2 is 1.20 bits per heavy atom. The molecule has 2 rings (SSSR count). The molecular formula is C53H98N2O16. The van der Waals surface area contributed by atoms with E-state index in [1.807, 2.05) is 6.08 Å². The fourth-order valence-electron chi connectivity index (χ4n) is 9.34. The number of carbonyl (C=O) groups excluding carboxylic acids is 2. The van der Waals surface area contributed by atoms with E-state index in [4.69, 9.17) is 18.9 Å². The van der Waals surface area contributed by atoms with E-state index in [0.29, 0.717) is 6.42 Å². The number of carboxylic acids is 1. The molecule has 0 bridgehead atoms. The van der Waals surface area contributed by atoms with E-state index in [-0.39, 0.29) is 12.3 Å². The van der Waals surface area contributed by atoms with Crippen LogP contribution in [0.1, 0.15) is 207 Å². The maximum absolute atomic E-state index is 13.3. The molecule has 0 radical (unpaired) electrons. The van der Waals surface area contributed by atoms with Gasteiger partial charge in [0, 0.05) is 19.8 Å². The molecule has 2 amide bonds. The van der Waals surface area contributed by atoms with Crippen LogP contribution < -0.4 is 10.6 Å². The topological polar surface area (TPSA) is 294 Å². The zero-order valence-electron chi connectivity index (χ0n) is 43.6. The molecule has 2 fully saturated rings. The van der Waals surface area contributed by atoms with Gasteiger partial charge < -0.3 is 75.5 Å². The monoisotopic (exact) mass is 1020 g/mol. The summed E-state index contributed by atoms with van der Waals surface area (Å²) in [5.41, 5.74) is 0. The van der Waals surface area contributed by atoms with Crippen molar-refractivity contribution < 1.29 is 79.3 Å². The van der Waals surface area contributed by atoms with E-state index in [1.54, 1.807) is 6.08 Å². The number of rotatable bonds is 42. The van der Waals surface area contributed by atoms with Crippen LogP contribution >= 0.6 is 0 Å². The van der Waals surface area contributed by atoms with Crippen molar-refractivity contribution in [3.8, 4) is 0 Å². The third kappa shape index (κ3) is 25.6. The fourth-order valence-corrected chi connectivity index (χ4v) is 9.34. The molecule has 2 saturated heterocycles. The van der Waals surface area contributed by atoms with Crippen LogP contribution in [0.25, 0.3) is 0 Å². The second-order valence-electron chi connectivity index (χ2n) is 20.2. The lowest BCUT2D eigenvalue weighted by molar-refractivity contribution is -0.339. The Balaban J connectivity index is 2.03. The summed E-state index contributed by atoms with van der Waals surface area (Å²) in [6.07, 6.45) is 17.2. The van der Waals surface area contributed by atoms with Crippen molar-refractivity contribution in [1.29, 1.82) is 0 Å². The van der Waals surface area contributed by atoms with Gasteiger partial charge in [-0.1, -0.05) is 180 Å². The van der Waals surface area contributed by atoms with Gasteiger partial charge in [0.25, 0.3) is 5.79 Å². The molecule has 416 valence electrons. The minimum Gasteiger partial charge on any atom is -0.477 e. The van der Waals surface area contributed by atoms with Gasteiger partial charge in [0.05, 0.1) is 44.1 Å². The number of ether oxygens (including phenoxy) is 4. The van der Waals surface area contributed by atoms with Gasteiger partial charge in [0.2, 0.25) is 11.8 Å². The van der Waals surface area contributed by atoms with Gasteiger partial charge in [0.15, 0.2) is 6.29 Å². The molecule has 18 heteroatoms. The molecule has 0 aliphatic carbocycles. The molecule has 0 saturated carbocycles. The average Bonchev–Trinajstić information content (AvgIpc) is 3.34. The summed E-state index contributed by atoms with van der Waals surface area (Å²) >= 11 is 0. The first-order valence-corrected chi connectivity index (χ1v) is 27.5. The summed E-state index contributed by atoms with van der Waals surface area (Å²) in [7, 11) is 0. The first kappa shape index (κ1) is 64.8.